The fourth-order valence-corrected chi connectivity index (χ4v) is 3.30. The molecule has 0 aromatic carbocycles. The normalized spacial score (nSPS) is 23.3. The van der Waals surface area contributed by atoms with Crippen molar-refractivity contribution in [2.75, 3.05) is 38.7 Å². The summed E-state index contributed by atoms with van der Waals surface area (Å²) in [6.45, 7) is 6.46. The molecule has 2 aliphatic heterocycles. The number of carbonyl (C=O) groups is 1. The second kappa shape index (κ2) is 5.96. The van der Waals surface area contributed by atoms with Crippen LogP contribution in [0.5, 0.6) is 0 Å². The van der Waals surface area contributed by atoms with Crippen LogP contribution in [0.4, 0.5) is 10.7 Å². The number of amides is 2. The highest BCUT2D eigenvalue weighted by molar-refractivity contribution is 5.75. The highest BCUT2D eigenvalue weighted by Crippen LogP contribution is 2.39. The van der Waals surface area contributed by atoms with Crippen molar-refractivity contribution in [2.45, 2.75) is 38.3 Å². The second-order valence-electron chi connectivity index (χ2n) is 6.99. The number of likely N-dealkylation sites (tertiary alicyclic amines) is 1. The summed E-state index contributed by atoms with van der Waals surface area (Å²) in [4.78, 5) is 25.2. The van der Waals surface area contributed by atoms with Gasteiger partial charge in [-0.25, -0.2) is 14.8 Å². The molecule has 1 fully saturated rings. The number of aromatic nitrogens is 2. The van der Waals surface area contributed by atoms with Crippen molar-refractivity contribution >= 4 is 12.0 Å². The summed E-state index contributed by atoms with van der Waals surface area (Å²) in [6.07, 6.45) is 2.73. The minimum atomic E-state index is -0.213. The number of ether oxygens (including phenoxy) is 1. The van der Waals surface area contributed by atoms with Gasteiger partial charge in [0, 0.05) is 45.0 Å². The topological polar surface area (TPSA) is 70.6 Å². The first-order valence-corrected chi connectivity index (χ1v) is 8.08. The van der Waals surface area contributed by atoms with Crippen LogP contribution in [0.2, 0.25) is 0 Å². The van der Waals surface area contributed by atoms with Crippen LogP contribution >= 0.6 is 0 Å². The Kier molecular flexibility index (Phi) is 4.14. The zero-order chi connectivity index (χ0) is 16.6. The van der Waals surface area contributed by atoms with Crippen molar-refractivity contribution in [1.82, 2.24) is 20.2 Å². The number of hydrogen-bond acceptors (Lipinski definition) is 5. The molecule has 3 heterocycles. The SMILES string of the molecule is CC(C)NC(=O)N1CCC2(COCc3cnc(N(C)C)nc32)C1. The van der Waals surface area contributed by atoms with Crippen LogP contribution in [0.25, 0.3) is 0 Å². The zero-order valence-corrected chi connectivity index (χ0v) is 14.3. The number of carbonyl (C=O) groups excluding carboxylic acids is 1. The highest BCUT2D eigenvalue weighted by Gasteiger charge is 2.46. The standard InChI is InChI=1S/C16H25N5O2/c1-11(2)18-15(22)21-6-5-16(9-21)10-23-8-12-7-17-14(20(3)4)19-13(12)16/h7,11H,5-6,8-10H2,1-4H3,(H,18,22). The van der Waals surface area contributed by atoms with Crippen LogP contribution in [0.3, 0.4) is 0 Å². The molecule has 7 heteroatoms. The van der Waals surface area contributed by atoms with Gasteiger partial charge in [-0.3, -0.25) is 0 Å². The van der Waals surface area contributed by atoms with Crippen LogP contribution in [0.1, 0.15) is 31.5 Å². The average Bonchev–Trinajstić information content (AvgIpc) is 2.92. The van der Waals surface area contributed by atoms with Gasteiger partial charge in [-0.15, -0.1) is 0 Å². The number of anilines is 1. The minimum Gasteiger partial charge on any atom is -0.376 e. The lowest BCUT2D eigenvalue weighted by atomic mass is 9.80. The van der Waals surface area contributed by atoms with E-state index in [-0.39, 0.29) is 17.5 Å². The molecule has 1 aromatic heterocycles. The number of fused-ring (bicyclic) bond motifs is 2. The van der Waals surface area contributed by atoms with Crippen molar-refractivity contribution in [1.29, 1.82) is 0 Å². The predicted molar refractivity (Wildman–Crippen MR) is 87.6 cm³/mol. The molecule has 2 aliphatic rings. The van der Waals surface area contributed by atoms with E-state index in [4.69, 9.17) is 9.72 Å². The Labute approximate surface area is 137 Å². The molecule has 2 amide bonds. The van der Waals surface area contributed by atoms with E-state index in [2.05, 4.69) is 10.3 Å². The summed E-state index contributed by atoms with van der Waals surface area (Å²) < 4.78 is 5.79. The third kappa shape index (κ3) is 2.97. The number of urea groups is 1. The van der Waals surface area contributed by atoms with Gasteiger partial charge >= 0.3 is 6.03 Å². The summed E-state index contributed by atoms with van der Waals surface area (Å²) in [5.74, 6) is 0.704. The molecular formula is C16H25N5O2. The fraction of sp³-hybridized carbons (Fsp3) is 0.688. The molecule has 7 nitrogen and oxygen atoms in total. The van der Waals surface area contributed by atoms with Gasteiger partial charge in [0.15, 0.2) is 0 Å². The summed E-state index contributed by atoms with van der Waals surface area (Å²) in [6, 6.07) is 0.127. The van der Waals surface area contributed by atoms with Gasteiger partial charge < -0.3 is 19.9 Å². The number of hydrogen-bond donors (Lipinski definition) is 1. The number of nitrogens with zero attached hydrogens (tertiary/aromatic N) is 4. The fourth-order valence-electron chi connectivity index (χ4n) is 3.30. The minimum absolute atomic E-state index is 0.00844. The molecule has 3 rings (SSSR count). The lowest BCUT2D eigenvalue weighted by molar-refractivity contribution is 0.0518. The van der Waals surface area contributed by atoms with Crippen LogP contribution in [-0.2, 0) is 16.8 Å². The van der Waals surface area contributed by atoms with Gasteiger partial charge in [0.25, 0.3) is 0 Å². The summed E-state index contributed by atoms with van der Waals surface area (Å²) in [5.41, 5.74) is 1.87. The second-order valence-corrected chi connectivity index (χ2v) is 6.99. The van der Waals surface area contributed by atoms with Gasteiger partial charge in [-0.1, -0.05) is 0 Å². The molecule has 1 atom stereocenters. The van der Waals surface area contributed by atoms with E-state index in [1.165, 1.54) is 0 Å². The largest absolute Gasteiger partial charge is 0.376 e. The maximum absolute atomic E-state index is 12.3. The van der Waals surface area contributed by atoms with Crippen LogP contribution < -0.4 is 10.2 Å². The summed E-state index contributed by atoms with van der Waals surface area (Å²) >= 11 is 0. The molecule has 1 unspecified atom stereocenters. The molecule has 23 heavy (non-hydrogen) atoms. The lowest BCUT2D eigenvalue weighted by Crippen LogP contribution is -2.45. The molecule has 0 saturated carbocycles. The van der Waals surface area contributed by atoms with E-state index in [1.807, 2.05) is 43.9 Å². The van der Waals surface area contributed by atoms with Crippen molar-refractivity contribution in [3.05, 3.63) is 17.5 Å². The number of rotatable bonds is 2. The number of nitrogens with one attached hydrogen (secondary N) is 1. The summed E-state index contributed by atoms with van der Waals surface area (Å²) in [7, 11) is 3.87. The Morgan fingerprint density at radius 1 is 1.48 bits per heavy atom. The Morgan fingerprint density at radius 3 is 2.96 bits per heavy atom. The van der Waals surface area contributed by atoms with Crippen LogP contribution in [0, 0.1) is 0 Å². The predicted octanol–water partition coefficient (Wildman–Crippen LogP) is 1.13. The van der Waals surface area contributed by atoms with Gasteiger partial charge in [0.1, 0.15) is 0 Å². The molecule has 0 radical (unpaired) electrons. The van der Waals surface area contributed by atoms with Gasteiger partial charge in [0.2, 0.25) is 5.95 Å². The third-order valence-corrected chi connectivity index (χ3v) is 4.44. The van der Waals surface area contributed by atoms with E-state index < -0.39 is 0 Å². The molecule has 126 valence electrons. The lowest BCUT2D eigenvalue weighted by Gasteiger charge is -2.34. The van der Waals surface area contributed by atoms with E-state index in [9.17, 15) is 4.79 Å². The summed E-state index contributed by atoms with van der Waals surface area (Å²) in [5, 5.41) is 2.97. The first-order valence-electron chi connectivity index (χ1n) is 8.08. The highest BCUT2D eigenvalue weighted by atomic mass is 16.5. The molecular weight excluding hydrogens is 294 g/mol. The Balaban J connectivity index is 1.87. The van der Waals surface area contributed by atoms with E-state index in [0.717, 1.165) is 24.2 Å². The molecule has 1 spiro atoms. The molecule has 0 aliphatic carbocycles. The smallest absolute Gasteiger partial charge is 0.317 e. The van der Waals surface area contributed by atoms with Gasteiger partial charge in [-0.2, -0.15) is 0 Å². The van der Waals surface area contributed by atoms with Gasteiger partial charge in [-0.05, 0) is 20.3 Å². The van der Waals surface area contributed by atoms with E-state index in [0.29, 0.717) is 25.7 Å². The Morgan fingerprint density at radius 2 is 2.26 bits per heavy atom. The Bertz CT molecular complexity index is 604. The molecule has 1 aromatic rings. The van der Waals surface area contributed by atoms with Crippen LogP contribution in [0.15, 0.2) is 6.20 Å². The van der Waals surface area contributed by atoms with Crippen molar-refractivity contribution in [3.8, 4) is 0 Å². The monoisotopic (exact) mass is 319 g/mol. The molecule has 1 saturated heterocycles. The first-order chi connectivity index (χ1) is 10.9. The molecule has 0 bridgehead atoms. The average molecular weight is 319 g/mol. The van der Waals surface area contributed by atoms with Gasteiger partial charge in [0.05, 0.1) is 24.3 Å². The van der Waals surface area contributed by atoms with Crippen molar-refractivity contribution in [3.63, 3.8) is 0 Å². The van der Waals surface area contributed by atoms with Crippen LogP contribution in [-0.4, -0.2) is 60.7 Å². The van der Waals surface area contributed by atoms with E-state index in [1.54, 1.807) is 0 Å². The Hall–Kier alpha value is -1.89. The quantitative estimate of drug-likeness (QED) is 0.885. The van der Waals surface area contributed by atoms with Crippen molar-refractivity contribution in [2.24, 2.45) is 0 Å². The maximum Gasteiger partial charge on any atom is 0.317 e. The third-order valence-electron chi connectivity index (χ3n) is 4.44. The zero-order valence-electron chi connectivity index (χ0n) is 14.3. The molecule has 1 N–H and O–H groups in total. The van der Waals surface area contributed by atoms with E-state index >= 15 is 0 Å². The maximum atomic E-state index is 12.3. The first kappa shape index (κ1) is 16.0. The van der Waals surface area contributed by atoms with Crippen molar-refractivity contribution < 1.29 is 9.53 Å².